The van der Waals surface area contributed by atoms with E-state index in [-0.39, 0.29) is 26.2 Å². The number of esters is 3. The molecule has 0 saturated heterocycles. The van der Waals surface area contributed by atoms with Crippen LogP contribution in [-0.2, 0) is 39.9 Å². The van der Waals surface area contributed by atoms with E-state index in [1.165, 1.54) is 18.7 Å². The van der Waals surface area contributed by atoms with Crippen molar-refractivity contribution in [3.63, 3.8) is 0 Å². The lowest BCUT2D eigenvalue weighted by molar-refractivity contribution is -0.160. The summed E-state index contributed by atoms with van der Waals surface area (Å²) in [5.41, 5.74) is 1.07. The van der Waals surface area contributed by atoms with Crippen LogP contribution in [0.2, 0.25) is 0 Å². The van der Waals surface area contributed by atoms with Gasteiger partial charge >= 0.3 is 24.0 Å². The van der Waals surface area contributed by atoms with E-state index in [1.54, 1.807) is 49.4 Å². The molecular formula is C29H33NO9. The van der Waals surface area contributed by atoms with Crippen LogP contribution in [-0.4, -0.2) is 66.6 Å². The number of hydrogen-bond donors (Lipinski definition) is 0. The first-order valence-electron chi connectivity index (χ1n) is 12.7. The van der Waals surface area contributed by atoms with Gasteiger partial charge in [-0.15, -0.1) is 0 Å². The van der Waals surface area contributed by atoms with Crippen LogP contribution in [0.3, 0.4) is 0 Å². The third kappa shape index (κ3) is 8.68. The van der Waals surface area contributed by atoms with Crippen molar-refractivity contribution < 1.29 is 42.9 Å². The molecular weight excluding hydrogens is 506 g/mol. The van der Waals surface area contributed by atoms with Gasteiger partial charge < -0.3 is 23.7 Å². The van der Waals surface area contributed by atoms with Crippen LogP contribution >= 0.6 is 0 Å². The topological polar surface area (TPSA) is 118 Å². The summed E-state index contributed by atoms with van der Waals surface area (Å²) in [7, 11) is 0. The van der Waals surface area contributed by atoms with Crippen molar-refractivity contribution in [2.45, 2.75) is 58.3 Å². The third-order valence-electron chi connectivity index (χ3n) is 5.81. The Bertz CT molecular complexity index is 1140. The Labute approximate surface area is 227 Å². The molecule has 0 aliphatic carbocycles. The van der Waals surface area contributed by atoms with Gasteiger partial charge in [0, 0.05) is 26.9 Å². The molecule has 1 amide bonds. The minimum atomic E-state index is -1.05. The predicted octanol–water partition coefficient (Wildman–Crippen LogP) is 4.04. The van der Waals surface area contributed by atoms with Gasteiger partial charge in [0.15, 0.2) is 6.23 Å². The molecule has 1 unspecified atom stereocenters. The Hall–Kier alpha value is -4.18. The van der Waals surface area contributed by atoms with Gasteiger partial charge in [-0.25, -0.2) is 9.59 Å². The summed E-state index contributed by atoms with van der Waals surface area (Å²) in [6, 6.07) is 16.4. The fraction of sp³-hybridized carbons (Fsp3) is 0.379. The number of hydrogen-bond acceptors (Lipinski definition) is 9. The van der Waals surface area contributed by atoms with Crippen LogP contribution in [0.15, 0.2) is 72.8 Å². The molecule has 10 nitrogen and oxygen atoms in total. The number of carbonyl (C=O) groups is 4. The number of carbonyl (C=O) groups excluding carboxylic acids is 4. The monoisotopic (exact) mass is 539 g/mol. The molecule has 4 atom stereocenters. The van der Waals surface area contributed by atoms with Gasteiger partial charge in [-0.05, 0) is 36.8 Å². The molecule has 2 aromatic rings. The highest BCUT2D eigenvalue weighted by Crippen LogP contribution is 2.29. The van der Waals surface area contributed by atoms with E-state index < -0.39 is 48.5 Å². The van der Waals surface area contributed by atoms with Gasteiger partial charge in [0.2, 0.25) is 0 Å². The van der Waals surface area contributed by atoms with Gasteiger partial charge in [0.25, 0.3) is 0 Å². The number of ether oxygens (including phenoxy) is 5. The van der Waals surface area contributed by atoms with Crippen LogP contribution in [0, 0.1) is 0 Å². The largest absolute Gasteiger partial charge is 0.466 e. The van der Waals surface area contributed by atoms with Gasteiger partial charge in [-0.2, -0.15) is 0 Å². The first kappa shape index (κ1) is 29.4. The van der Waals surface area contributed by atoms with E-state index in [2.05, 4.69) is 0 Å². The van der Waals surface area contributed by atoms with E-state index in [1.807, 2.05) is 30.3 Å². The molecule has 0 N–H and O–H groups in total. The molecule has 0 spiro atoms. The molecule has 39 heavy (non-hydrogen) atoms. The van der Waals surface area contributed by atoms with Crippen molar-refractivity contribution >= 4 is 24.0 Å². The standard InChI is InChI=1S/C29H33NO9/c1-4-35-26-16-15-24(39-28(33)23-13-9-6-10-14-23)27(25(38-21(3)32)17-18-36-20(2)31)30(26)29(34)37-19-22-11-7-5-8-12-22/h5-16,24-27H,4,17-19H2,1-3H3/t24-,25-,26?,27-/m0/s1. The van der Waals surface area contributed by atoms with E-state index in [0.717, 1.165) is 5.56 Å². The molecule has 1 aliphatic rings. The van der Waals surface area contributed by atoms with Gasteiger partial charge in [0.05, 0.1) is 12.2 Å². The fourth-order valence-corrected chi connectivity index (χ4v) is 4.16. The summed E-state index contributed by atoms with van der Waals surface area (Å²) < 4.78 is 27.9. The lowest BCUT2D eigenvalue weighted by Gasteiger charge is -2.44. The van der Waals surface area contributed by atoms with E-state index >= 15 is 0 Å². The third-order valence-corrected chi connectivity index (χ3v) is 5.81. The Morgan fingerprint density at radius 1 is 0.872 bits per heavy atom. The molecule has 2 aromatic carbocycles. The lowest BCUT2D eigenvalue weighted by Crippen LogP contribution is -2.61. The lowest BCUT2D eigenvalue weighted by atomic mass is 9.96. The maximum absolute atomic E-state index is 13.6. The molecule has 0 fully saturated rings. The molecule has 10 heteroatoms. The van der Waals surface area contributed by atoms with Crippen LogP contribution in [0.5, 0.6) is 0 Å². The van der Waals surface area contributed by atoms with E-state index in [4.69, 9.17) is 23.7 Å². The smallest absolute Gasteiger partial charge is 0.412 e. The van der Waals surface area contributed by atoms with Gasteiger partial charge in [-0.3, -0.25) is 14.5 Å². The van der Waals surface area contributed by atoms with Crippen LogP contribution < -0.4 is 0 Å². The minimum absolute atomic E-state index is 0.0222. The molecule has 0 aromatic heterocycles. The Balaban J connectivity index is 1.97. The summed E-state index contributed by atoms with van der Waals surface area (Å²) in [5, 5.41) is 0. The maximum atomic E-state index is 13.6. The normalized spacial score (nSPS) is 19.1. The fourth-order valence-electron chi connectivity index (χ4n) is 4.16. The number of rotatable bonds is 11. The number of nitrogens with zero attached hydrogens (tertiary/aromatic N) is 1. The first-order chi connectivity index (χ1) is 18.8. The molecule has 1 aliphatic heterocycles. The Morgan fingerprint density at radius 2 is 1.54 bits per heavy atom. The summed E-state index contributed by atoms with van der Waals surface area (Å²) in [4.78, 5) is 51.3. The second-order valence-electron chi connectivity index (χ2n) is 8.68. The molecule has 1 heterocycles. The molecule has 3 rings (SSSR count). The molecule has 0 bridgehead atoms. The molecule has 208 valence electrons. The second-order valence-corrected chi connectivity index (χ2v) is 8.68. The van der Waals surface area contributed by atoms with Gasteiger partial charge in [0.1, 0.15) is 24.9 Å². The predicted molar refractivity (Wildman–Crippen MR) is 139 cm³/mol. The Kier molecular flexibility index (Phi) is 11.1. The quantitative estimate of drug-likeness (QED) is 0.237. The maximum Gasteiger partial charge on any atom is 0.412 e. The Morgan fingerprint density at radius 3 is 2.15 bits per heavy atom. The van der Waals surface area contributed by atoms with Crippen LogP contribution in [0.25, 0.3) is 0 Å². The highest BCUT2D eigenvalue weighted by Gasteiger charge is 2.46. The highest BCUT2D eigenvalue weighted by atomic mass is 16.6. The van der Waals surface area contributed by atoms with Crippen molar-refractivity contribution in [2.75, 3.05) is 13.2 Å². The minimum Gasteiger partial charge on any atom is -0.466 e. The molecule has 0 radical (unpaired) electrons. The van der Waals surface area contributed by atoms with Crippen LogP contribution in [0.4, 0.5) is 4.79 Å². The zero-order valence-corrected chi connectivity index (χ0v) is 22.2. The van der Waals surface area contributed by atoms with E-state index in [0.29, 0.717) is 5.56 Å². The van der Waals surface area contributed by atoms with Gasteiger partial charge in [-0.1, -0.05) is 48.5 Å². The summed E-state index contributed by atoms with van der Waals surface area (Å²) >= 11 is 0. The summed E-state index contributed by atoms with van der Waals surface area (Å²) in [5.74, 6) is -1.78. The molecule has 0 saturated carbocycles. The average molecular weight is 540 g/mol. The zero-order valence-electron chi connectivity index (χ0n) is 22.2. The second kappa shape index (κ2) is 14.7. The highest BCUT2D eigenvalue weighted by molar-refractivity contribution is 5.89. The SMILES string of the molecule is CCOC1C=C[C@H](OC(=O)c2ccccc2)[C@@H]([C@H](CCOC(C)=O)OC(C)=O)N1C(=O)OCc1ccccc1. The number of benzene rings is 2. The summed E-state index contributed by atoms with van der Waals surface area (Å²) in [6.07, 6.45) is -0.538. The van der Waals surface area contributed by atoms with Crippen LogP contribution in [0.1, 0.15) is 43.1 Å². The van der Waals surface area contributed by atoms with Crippen molar-refractivity contribution in [1.29, 1.82) is 0 Å². The summed E-state index contributed by atoms with van der Waals surface area (Å²) in [6.45, 7) is 4.38. The van der Waals surface area contributed by atoms with Crippen molar-refractivity contribution in [1.82, 2.24) is 4.90 Å². The number of amides is 1. The first-order valence-corrected chi connectivity index (χ1v) is 12.7. The van der Waals surface area contributed by atoms with Crippen molar-refractivity contribution in [3.05, 3.63) is 83.9 Å². The van der Waals surface area contributed by atoms with Crippen molar-refractivity contribution in [3.8, 4) is 0 Å². The zero-order chi connectivity index (χ0) is 28.2. The van der Waals surface area contributed by atoms with Crippen molar-refractivity contribution in [2.24, 2.45) is 0 Å². The average Bonchev–Trinajstić information content (AvgIpc) is 2.92. The van der Waals surface area contributed by atoms with E-state index in [9.17, 15) is 19.2 Å².